The molecule has 27 heavy (non-hydrogen) atoms. The summed E-state index contributed by atoms with van der Waals surface area (Å²) in [4.78, 5) is 12.4. The summed E-state index contributed by atoms with van der Waals surface area (Å²) in [7, 11) is 3.08. The van der Waals surface area contributed by atoms with Crippen molar-refractivity contribution in [1.29, 1.82) is 0 Å². The maximum absolute atomic E-state index is 13.5. The highest BCUT2D eigenvalue weighted by Gasteiger charge is 2.14. The van der Waals surface area contributed by atoms with Gasteiger partial charge in [-0.05, 0) is 37.6 Å². The molecule has 0 aliphatic rings. The van der Waals surface area contributed by atoms with Gasteiger partial charge in [0.25, 0.3) is 5.91 Å². The number of rotatable bonds is 9. The van der Waals surface area contributed by atoms with Gasteiger partial charge in [-0.3, -0.25) is 4.79 Å². The smallest absolute Gasteiger partial charge is 0.251 e. The van der Waals surface area contributed by atoms with Crippen LogP contribution >= 0.6 is 0 Å². The number of methoxy groups -OCH3 is 2. The minimum Gasteiger partial charge on any atom is -0.493 e. The third kappa shape index (κ3) is 5.48. The van der Waals surface area contributed by atoms with Gasteiger partial charge in [0.1, 0.15) is 0 Å². The number of nitrogens with one attached hydrogen (secondary N) is 1. The Kier molecular flexibility index (Phi) is 7.67. The number of carbonyl (C=O) groups is 1. The molecule has 1 amide bonds. The minimum atomic E-state index is -0.400. The van der Waals surface area contributed by atoms with Gasteiger partial charge in [0.2, 0.25) is 0 Å². The van der Waals surface area contributed by atoms with Crippen LogP contribution in [0, 0.1) is 5.82 Å². The Morgan fingerprint density at radius 3 is 2.59 bits per heavy atom. The Bertz CT molecular complexity index is 805. The van der Waals surface area contributed by atoms with Crippen LogP contribution in [0.1, 0.15) is 29.3 Å². The number of benzene rings is 2. The van der Waals surface area contributed by atoms with E-state index in [0.717, 1.165) is 5.56 Å². The second kappa shape index (κ2) is 10.2. The number of hydrogen-bond donors (Lipinski definition) is 1. The molecule has 144 valence electrons. The lowest BCUT2D eigenvalue weighted by molar-refractivity contribution is 0.0951. The molecule has 0 radical (unpaired) electrons. The van der Waals surface area contributed by atoms with Gasteiger partial charge in [0.05, 0.1) is 20.8 Å². The standard InChI is InChI=1S/C21H24FNO4/c1-4-8-15-13-16(14-19(25-2)20(15)26-3)21(24)23-11-7-12-27-18-10-6-5-9-17(18)22/h4-6,8-10,13-14H,7,11-12H2,1-3H3,(H,23,24)/b8-4+. The normalized spacial score (nSPS) is 10.7. The molecule has 0 saturated heterocycles. The van der Waals surface area contributed by atoms with Crippen LogP contribution in [0.4, 0.5) is 4.39 Å². The van der Waals surface area contributed by atoms with E-state index in [0.29, 0.717) is 36.6 Å². The molecular formula is C21H24FNO4. The van der Waals surface area contributed by atoms with Gasteiger partial charge in [-0.25, -0.2) is 4.39 Å². The van der Waals surface area contributed by atoms with Crippen molar-refractivity contribution < 1.29 is 23.4 Å². The predicted octanol–water partition coefficient (Wildman–Crippen LogP) is 4.07. The summed E-state index contributed by atoms with van der Waals surface area (Å²) < 4.78 is 29.5. The van der Waals surface area contributed by atoms with Crippen molar-refractivity contribution in [1.82, 2.24) is 5.32 Å². The molecule has 0 bridgehead atoms. The third-order valence-corrected chi connectivity index (χ3v) is 3.82. The Balaban J connectivity index is 1.93. The van der Waals surface area contributed by atoms with Crippen LogP contribution in [0.25, 0.3) is 6.08 Å². The first-order valence-electron chi connectivity index (χ1n) is 8.65. The summed E-state index contributed by atoms with van der Waals surface area (Å²) in [6, 6.07) is 9.60. The zero-order valence-corrected chi connectivity index (χ0v) is 15.8. The second-order valence-corrected chi connectivity index (χ2v) is 5.69. The topological polar surface area (TPSA) is 56.8 Å². The van der Waals surface area contributed by atoms with E-state index in [1.807, 2.05) is 19.1 Å². The summed E-state index contributed by atoms with van der Waals surface area (Å²) in [5.74, 6) is 0.641. The monoisotopic (exact) mass is 373 g/mol. The van der Waals surface area contributed by atoms with Crippen molar-refractivity contribution in [2.45, 2.75) is 13.3 Å². The quantitative estimate of drug-likeness (QED) is 0.673. The van der Waals surface area contributed by atoms with Gasteiger partial charge in [-0.15, -0.1) is 0 Å². The zero-order chi connectivity index (χ0) is 19.6. The maximum Gasteiger partial charge on any atom is 0.251 e. The average Bonchev–Trinajstić information content (AvgIpc) is 2.68. The molecule has 2 aromatic rings. The summed E-state index contributed by atoms with van der Waals surface area (Å²) in [6.07, 6.45) is 4.26. The van der Waals surface area contributed by atoms with E-state index in [4.69, 9.17) is 14.2 Å². The highest BCUT2D eigenvalue weighted by molar-refractivity contribution is 5.95. The van der Waals surface area contributed by atoms with Crippen molar-refractivity contribution in [3.05, 3.63) is 59.4 Å². The van der Waals surface area contributed by atoms with E-state index in [9.17, 15) is 9.18 Å². The first-order valence-corrected chi connectivity index (χ1v) is 8.65. The Morgan fingerprint density at radius 1 is 1.15 bits per heavy atom. The van der Waals surface area contributed by atoms with Crippen molar-refractivity contribution in [2.75, 3.05) is 27.4 Å². The number of ether oxygens (including phenoxy) is 3. The molecule has 6 heteroatoms. The molecule has 0 atom stereocenters. The molecular weight excluding hydrogens is 349 g/mol. The molecule has 1 N–H and O–H groups in total. The lowest BCUT2D eigenvalue weighted by Crippen LogP contribution is -2.25. The van der Waals surface area contributed by atoms with Crippen molar-refractivity contribution >= 4 is 12.0 Å². The van der Waals surface area contributed by atoms with Crippen molar-refractivity contribution in [2.24, 2.45) is 0 Å². The van der Waals surface area contributed by atoms with Crippen LogP contribution in [0.2, 0.25) is 0 Å². The van der Waals surface area contributed by atoms with Crippen molar-refractivity contribution in [3.8, 4) is 17.2 Å². The van der Waals surface area contributed by atoms with Crippen LogP contribution in [-0.4, -0.2) is 33.3 Å². The molecule has 0 aromatic heterocycles. The van der Waals surface area contributed by atoms with Crippen LogP contribution in [0.5, 0.6) is 17.2 Å². The first-order chi connectivity index (χ1) is 13.1. The number of carbonyl (C=O) groups excluding carboxylic acids is 1. The SMILES string of the molecule is C/C=C/c1cc(C(=O)NCCCOc2ccccc2F)cc(OC)c1OC. The van der Waals surface area contributed by atoms with Crippen LogP contribution in [0.15, 0.2) is 42.5 Å². The predicted molar refractivity (Wildman–Crippen MR) is 103 cm³/mol. The average molecular weight is 373 g/mol. The second-order valence-electron chi connectivity index (χ2n) is 5.69. The number of hydrogen-bond acceptors (Lipinski definition) is 4. The van der Waals surface area contributed by atoms with E-state index >= 15 is 0 Å². The van der Waals surface area contributed by atoms with Crippen LogP contribution in [-0.2, 0) is 0 Å². The number of halogens is 1. The van der Waals surface area contributed by atoms with Crippen LogP contribution < -0.4 is 19.5 Å². The molecule has 0 heterocycles. The highest BCUT2D eigenvalue weighted by atomic mass is 19.1. The minimum absolute atomic E-state index is 0.208. The summed E-state index contributed by atoms with van der Waals surface area (Å²) >= 11 is 0. The van der Waals surface area contributed by atoms with Gasteiger partial charge in [0.15, 0.2) is 23.1 Å². The summed E-state index contributed by atoms with van der Waals surface area (Å²) in [5.41, 5.74) is 1.23. The lowest BCUT2D eigenvalue weighted by atomic mass is 10.1. The fraction of sp³-hybridized carbons (Fsp3) is 0.286. The van der Waals surface area contributed by atoms with E-state index < -0.39 is 5.82 Å². The summed E-state index contributed by atoms with van der Waals surface area (Å²) in [5, 5.41) is 2.82. The number of amides is 1. The largest absolute Gasteiger partial charge is 0.493 e. The van der Waals surface area contributed by atoms with Crippen molar-refractivity contribution in [3.63, 3.8) is 0 Å². The van der Waals surface area contributed by atoms with E-state index in [1.165, 1.54) is 13.2 Å². The van der Waals surface area contributed by atoms with Crippen LogP contribution in [0.3, 0.4) is 0 Å². The molecule has 0 saturated carbocycles. The molecule has 0 aliphatic carbocycles. The summed E-state index contributed by atoms with van der Waals surface area (Å²) in [6.45, 7) is 2.59. The number of para-hydroxylation sites is 1. The molecule has 2 aromatic carbocycles. The van der Waals surface area contributed by atoms with E-state index in [1.54, 1.807) is 37.4 Å². The molecule has 0 unspecified atom stereocenters. The molecule has 2 rings (SSSR count). The molecule has 5 nitrogen and oxygen atoms in total. The fourth-order valence-electron chi connectivity index (χ4n) is 2.55. The molecule has 0 fully saturated rings. The van der Waals surface area contributed by atoms with Gasteiger partial charge < -0.3 is 19.5 Å². The maximum atomic E-state index is 13.5. The van der Waals surface area contributed by atoms with Gasteiger partial charge in [-0.1, -0.05) is 24.3 Å². The number of allylic oxidation sites excluding steroid dienone is 1. The highest BCUT2D eigenvalue weighted by Crippen LogP contribution is 2.33. The Labute approximate surface area is 158 Å². The Morgan fingerprint density at radius 2 is 1.93 bits per heavy atom. The lowest BCUT2D eigenvalue weighted by Gasteiger charge is -2.13. The van der Waals surface area contributed by atoms with E-state index in [-0.39, 0.29) is 11.7 Å². The zero-order valence-electron chi connectivity index (χ0n) is 15.8. The van der Waals surface area contributed by atoms with E-state index in [2.05, 4.69) is 5.32 Å². The van der Waals surface area contributed by atoms with Gasteiger partial charge in [0, 0.05) is 17.7 Å². The van der Waals surface area contributed by atoms with Gasteiger partial charge in [-0.2, -0.15) is 0 Å². The molecule has 0 spiro atoms. The fourth-order valence-corrected chi connectivity index (χ4v) is 2.55. The third-order valence-electron chi connectivity index (χ3n) is 3.82. The Hall–Kier alpha value is -3.02. The van der Waals surface area contributed by atoms with Gasteiger partial charge >= 0.3 is 0 Å². The molecule has 0 aliphatic heterocycles. The first kappa shape index (κ1) is 20.3.